The largest absolute Gasteiger partial charge is 0.315 e. The molecule has 1 heterocycles. The van der Waals surface area contributed by atoms with Crippen LogP contribution in [-0.2, 0) is 14.4 Å². The van der Waals surface area contributed by atoms with E-state index >= 15 is 0 Å². The first kappa shape index (κ1) is 18.8. The van der Waals surface area contributed by atoms with Crippen LogP contribution in [0.25, 0.3) is 0 Å². The molecule has 7 nitrogen and oxygen atoms in total. The highest BCUT2D eigenvalue weighted by Crippen LogP contribution is 2.24. The second-order valence-corrected chi connectivity index (χ2v) is 6.32. The maximum atomic E-state index is 12.8. The fraction of sp³-hybridized carbons (Fsp3) is 0.444. The standard InChI is InChI=1S/C18H23N3O4/c1-12-3-5-14(15-8-19-9-15)7-16(12)18(25)21(11-23)13(2)4-6-17(24)20-10-22/h3,5,7,10-11,13,15,19H,4,6,8-9H2,1-2H3,(H,20,22,24). The van der Waals surface area contributed by atoms with Crippen molar-refractivity contribution in [1.29, 1.82) is 0 Å². The summed E-state index contributed by atoms with van der Waals surface area (Å²) >= 11 is 0. The molecule has 4 amide bonds. The fourth-order valence-electron chi connectivity index (χ4n) is 2.76. The van der Waals surface area contributed by atoms with Crippen LogP contribution in [0.3, 0.4) is 0 Å². The molecule has 2 N–H and O–H groups in total. The minimum absolute atomic E-state index is 0.0598. The Labute approximate surface area is 146 Å². The molecule has 1 aliphatic heterocycles. The average molecular weight is 345 g/mol. The van der Waals surface area contributed by atoms with E-state index in [1.807, 2.05) is 30.4 Å². The minimum atomic E-state index is -0.448. The second-order valence-electron chi connectivity index (χ2n) is 6.32. The number of nitrogens with zero attached hydrogens (tertiary/aromatic N) is 1. The molecule has 0 spiro atoms. The lowest BCUT2D eigenvalue weighted by molar-refractivity contribution is -0.126. The van der Waals surface area contributed by atoms with E-state index in [0.29, 0.717) is 24.3 Å². The molecule has 0 bridgehead atoms. The van der Waals surface area contributed by atoms with Crippen LogP contribution in [0, 0.1) is 6.92 Å². The monoisotopic (exact) mass is 345 g/mol. The summed E-state index contributed by atoms with van der Waals surface area (Å²) in [5.41, 5.74) is 2.39. The fourth-order valence-corrected chi connectivity index (χ4v) is 2.76. The molecule has 1 aromatic carbocycles. The molecule has 0 saturated carbocycles. The molecule has 0 aliphatic carbocycles. The molecule has 1 atom stereocenters. The van der Waals surface area contributed by atoms with Gasteiger partial charge in [0.15, 0.2) is 0 Å². The van der Waals surface area contributed by atoms with Crippen LogP contribution >= 0.6 is 0 Å². The van der Waals surface area contributed by atoms with Gasteiger partial charge >= 0.3 is 0 Å². The summed E-state index contributed by atoms with van der Waals surface area (Å²) in [6, 6.07) is 5.31. The number of hydrogen-bond donors (Lipinski definition) is 2. The summed E-state index contributed by atoms with van der Waals surface area (Å²) in [5.74, 6) is -0.415. The molecule has 1 unspecified atom stereocenters. The molecule has 1 fully saturated rings. The van der Waals surface area contributed by atoms with Crippen LogP contribution in [0.15, 0.2) is 18.2 Å². The zero-order chi connectivity index (χ0) is 18.4. The highest BCUT2D eigenvalue weighted by Gasteiger charge is 2.25. The number of imide groups is 2. The Morgan fingerprint density at radius 2 is 2.08 bits per heavy atom. The summed E-state index contributed by atoms with van der Waals surface area (Å²) in [6.07, 6.45) is 1.17. The first-order valence-electron chi connectivity index (χ1n) is 8.30. The number of nitrogens with one attached hydrogen (secondary N) is 2. The van der Waals surface area contributed by atoms with E-state index in [9.17, 15) is 19.2 Å². The molecule has 0 aromatic heterocycles. The van der Waals surface area contributed by atoms with Gasteiger partial charge in [0.25, 0.3) is 5.91 Å². The lowest BCUT2D eigenvalue weighted by Gasteiger charge is -2.29. The van der Waals surface area contributed by atoms with E-state index < -0.39 is 11.9 Å². The third kappa shape index (κ3) is 4.51. The summed E-state index contributed by atoms with van der Waals surface area (Å²) in [4.78, 5) is 47.0. The van der Waals surface area contributed by atoms with Gasteiger partial charge in [-0.05, 0) is 37.5 Å². The van der Waals surface area contributed by atoms with Gasteiger partial charge in [0.1, 0.15) is 0 Å². The number of rotatable bonds is 8. The van der Waals surface area contributed by atoms with Crippen molar-refractivity contribution in [3.8, 4) is 0 Å². The average Bonchev–Trinajstić information content (AvgIpc) is 2.54. The molecule has 1 aromatic rings. The zero-order valence-electron chi connectivity index (χ0n) is 14.5. The van der Waals surface area contributed by atoms with Gasteiger partial charge in [-0.15, -0.1) is 0 Å². The SMILES string of the molecule is Cc1ccc(C2CNC2)cc1C(=O)N(C=O)C(C)CCC(=O)NC=O. The molecule has 25 heavy (non-hydrogen) atoms. The Morgan fingerprint density at radius 1 is 1.36 bits per heavy atom. The smallest absolute Gasteiger partial charge is 0.260 e. The number of aryl methyl sites for hydroxylation is 1. The molecule has 0 radical (unpaired) electrons. The quantitative estimate of drug-likeness (QED) is 0.677. The summed E-state index contributed by atoms with van der Waals surface area (Å²) in [6.45, 7) is 5.31. The Kier molecular flexibility index (Phi) is 6.41. The van der Waals surface area contributed by atoms with Crippen molar-refractivity contribution in [2.45, 2.75) is 38.6 Å². The van der Waals surface area contributed by atoms with Crippen LogP contribution in [0.1, 0.15) is 47.2 Å². The van der Waals surface area contributed by atoms with E-state index in [1.165, 1.54) is 0 Å². The van der Waals surface area contributed by atoms with Gasteiger partial charge in [-0.2, -0.15) is 0 Å². The van der Waals surface area contributed by atoms with Crippen molar-refractivity contribution in [1.82, 2.24) is 15.5 Å². The first-order chi connectivity index (χ1) is 12.0. The topological polar surface area (TPSA) is 95.6 Å². The Bertz CT molecular complexity index is 670. The van der Waals surface area contributed by atoms with Crippen molar-refractivity contribution in [3.05, 3.63) is 34.9 Å². The highest BCUT2D eigenvalue weighted by atomic mass is 16.2. The van der Waals surface area contributed by atoms with Crippen molar-refractivity contribution >= 4 is 24.6 Å². The van der Waals surface area contributed by atoms with E-state index in [1.54, 1.807) is 6.92 Å². The van der Waals surface area contributed by atoms with Gasteiger partial charge in [-0.3, -0.25) is 29.4 Å². The van der Waals surface area contributed by atoms with Crippen molar-refractivity contribution in [3.63, 3.8) is 0 Å². The van der Waals surface area contributed by atoms with Gasteiger partial charge in [0.2, 0.25) is 18.7 Å². The molecule has 1 aliphatic rings. The summed E-state index contributed by atoms with van der Waals surface area (Å²) in [7, 11) is 0. The molecule has 7 heteroatoms. The van der Waals surface area contributed by atoms with Gasteiger partial charge in [0, 0.05) is 37.0 Å². The third-order valence-corrected chi connectivity index (χ3v) is 4.58. The van der Waals surface area contributed by atoms with Crippen molar-refractivity contribution in [2.75, 3.05) is 13.1 Å². The zero-order valence-corrected chi connectivity index (χ0v) is 14.5. The predicted molar refractivity (Wildman–Crippen MR) is 91.9 cm³/mol. The molecular weight excluding hydrogens is 322 g/mol. The number of hydrogen-bond acceptors (Lipinski definition) is 5. The van der Waals surface area contributed by atoms with E-state index in [4.69, 9.17) is 0 Å². The molecule has 1 saturated heterocycles. The lowest BCUT2D eigenvalue weighted by Crippen LogP contribution is -2.40. The number of amides is 4. The maximum Gasteiger partial charge on any atom is 0.260 e. The Hall–Kier alpha value is -2.54. The Balaban J connectivity index is 2.11. The van der Waals surface area contributed by atoms with Crippen LogP contribution in [0.2, 0.25) is 0 Å². The van der Waals surface area contributed by atoms with Gasteiger partial charge in [-0.25, -0.2) is 0 Å². The summed E-state index contributed by atoms with van der Waals surface area (Å²) in [5, 5.41) is 5.24. The van der Waals surface area contributed by atoms with E-state index in [2.05, 4.69) is 5.32 Å². The van der Waals surface area contributed by atoms with Gasteiger partial charge in [-0.1, -0.05) is 12.1 Å². The van der Waals surface area contributed by atoms with Crippen LogP contribution in [-0.4, -0.2) is 48.7 Å². The maximum absolute atomic E-state index is 12.8. The third-order valence-electron chi connectivity index (χ3n) is 4.58. The predicted octanol–water partition coefficient (Wildman–Crippen LogP) is 0.722. The number of benzene rings is 1. The normalized spacial score (nSPS) is 15.0. The van der Waals surface area contributed by atoms with Crippen LogP contribution in [0.4, 0.5) is 0 Å². The van der Waals surface area contributed by atoms with Crippen LogP contribution < -0.4 is 10.6 Å². The number of carbonyl (C=O) groups excluding carboxylic acids is 4. The van der Waals surface area contributed by atoms with Crippen molar-refractivity contribution < 1.29 is 19.2 Å². The first-order valence-corrected chi connectivity index (χ1v) is 8.30. The van der Waals surface area contributed by atoms with Crippen molar-refractivity contribution in [2.24, 2.45) is 0 Å². The minimum Gasteiger partial charge on any atom is -0.315 e. The lowest BCUT2D eigenvalue weighted by atomic mass is 9.90. The van der Waals surface area contributed by atoms with Crippen LogP contribution in [0.5, 0.6) is 0 Å². The summed E-state index contributed by atoms with van der Waals surface area (Å²) < 4.78 is 0. The van der Waals surface area contributed by atoms with E-state index in [0.717, 1.165) is 29.1 Å². The molecule has 2 rings (SSSR count). The molecule has 134 valence electrons. The Morgan fingerprint density at radius 3 is 2.64 bits per heavy atom. The highest BCUT2D eigenvalue weighted by molar-refractivity contribution is 6.01. The van der Waals surface area contributed by atoms with Gasteiger partial charge in [0.05, 0.1) is 0 Å². The second kappa shape index (κ2) is 8.53. The number of carbonyl (C=O) groups is 4. The van der Waals surface area contributed by atoms with E-state index in [-0.39, 0.29) is 18.7 Å². The molecular formula is C18H23N3O4. The van der Waals surface area contributed by atoms with Gasteiger partial charge < -0.3 is 5.32 Å².